The van der Waals surface area contributed by atoms with E-state index in [1.165, 1.54) is 0 Å². The molecule has 2 N–H and O–H groups in total. The molecule has 1 heterocycles. The normalized spacial score (nSPS) is 12.6. The summed E-state index contributed by atoms with van der Waals surface area (Å²) < 4.78 is 4.87. The number of methoxy groups -OCH3 is 1. The number of nitrogens with two attached hydrogens (primary N) is 1. The zero-order chi connectivity index (χ0) is 8.97. The Labute approximate surface area is 71.8 Å². The van der Waals surface area contributed by atoms with E-state index in [0.29, 0.717) is 6.01 Å². The van der Waals surface area contributed by atoms with Gasteiger partial charge in [-0.1, -0.05) is 0 Å². The highest BCUT2D eigenvalue weighted by Crippen LogP contribution is 2.03. The lowest BCUT2D eigenvalue weighted by Crippen LogP contribution is -2.18. The Morgan fingerprint density at radius 2 is 2.42 bits per heavy atom. The standard InChI is InChI=1S/C8H13N3O/c1-6(9)5-7-3-4-10-8(11-7)12-2/h3-4,6H,5,9H2,1-2H3. The lowest BCUT2D eigenvalue weighted by Gasteiger charge is -2.04. The molecular weight excluding hydrogens is 154 g/mol. The van der Waals surface area contributed by atoms with Crippen LogP contribution in [0.3, 0.4) is 0 Å². The molecule has 1 rings (SSSR count). The topological polar surface area (TPSA) is 61.0 Å². The molecule has 0 saturated carbocycles. The summed E-state index contributed by atoms with van der Waals surface area (Å²) in [5.74, 6) is 0. The van der Waals surface area contributed by atoms with Crippen LogP contribution in [0, 0.1) is 0 Å². The third-order valence-electron chi connectivity index (χ3n) is 1.40. The average Bonchev–Trinajstić information content (AvgIpc) is 2.03. The second kappa shape index (κ2) is 4.01. The van der Waals surface area contributed by atoms with Gasteiger partial charge in [0.05, 0.1) is 7.11 Å². The summed E-state index contributed by atoms with van der Waals surface area (Å²) in [4.78, 5) is 8.01. The van der Waals surface area contributed by atoms with Gasteiger partial charge in [0.25, 0.3) is 0 Å². The quantitative estimate of drug-likeness (QED) is 0.706. The van der Waals surface area contributed by atoms with E-state index >= 15 is 0 Å². The molecule has 12 heavy (non-hydrogen) atoms. The van der Waals surface area contributed by atoms with Gasteiger partial charge in [0, 0.05) is 24.4 Å². The lowest BCUT2D eigenvalue weighted by atomic mass is 10.2. The first-order valence-corrected chi connectivity index (χ1v) is 3.84. The molecule has 4 heteroatoms. The number of hydrogen-bond acceptors (Lipinski definition) is 4. The molecule has 0 aliphatic heterocycles. The first-order valence-electron chi connectivity index (χ1n) is 3.84. The number of aromatic nitrogens is 2. The van der Waals surface area contributed by atoms with E-state index in [2.05, 4.69) is 9.97 Å². The minimum atomic E-state index is 0.115. The number of rotatable bonds is 3. The molecule has 0 bridgehead atoms. The smallest absolute Gasteiger partial charge is 0.316 e. The molecule has 1 aromatic heterocycles. The summed E-state index contributed by atoms with van der Waals surface area (Å²) in [6.45, 7) is 1.94. The largest absolute Gasteiger partial charge is 0.467 e. The molecule has 1 unspecified atom stereocenters. The number of nitrogens with zero attached hydrogens (tertiary/aromatic N) is 2. The molecule has 0 aliphatic rings. The van der Waals surface area contributed by atoms with Crippen molar-refractivity contribution in [1.82, 2.24) is 9.97 Å². The summed E-state index contributed by atoms with van der Waals surface area (Å²) in [6.07, 6.45) is 2.42. The molecule has 0 saturated heterocycles. The average molecular weight is 167 g/mol. The van der Waals surface area contributed by atoms with E-state index in [-0.39, 0.29) is 6.04 Å². The van der Waals surface area contributed by atoms with Crippen molar-refractivity contribution in [2.24, 2.45) is 5.73 Å². The fourth-order valence-electron chi connectivity index (χ4n) is 0.918. The minimum Gasteiger partial charge on any atom is -0.467 e. The van der Waals surface area contributed by atoms with Crippen LogP contribution in [0.4, 0.5) is 0 Å². The van der Waals surface area contributed by atoms with Gasteiger partial charge in [-0.25, -0.2) is 9.97 Å². The molecule has 0 radical (unpaired) electrons. The van der Waals surface area contributed by atoms with Crippen molar-refractivity contribution < 1.29 is 4.74 Å². The molecule has 1 aromatic rings. The fourth-order valence-corrected chi connectivity index (χ4v) is 0.918. The van der Waals surface area contributed by atoms with Crippen LogP contribution in [0.5, 0.6) is 6.01 Å². The molecule has 0 fully saturated rings. The maximum Gasteiger partial charge on any atom is 0.316 e. The summed E-state index contributed by atoms with van der Waals surface area (Å²) in [7, 11) is 1.55. The zero-order valence-corrected chi connectivity index (χ0v) is 7.32. The molecule has 66 valence electrons. The highest BCUT2D eigenvalue weighted by molar-refractivity contribution is 5.06. The van der Waals surface area contributed by atoms with Gasteiger partial charge in [-0.3, -0.25) is 0 Å². The summed E-state index contributed by atoms with van der Waals surface area (Å²) >= 11 is 0. The van der Waals surface area contributed by atoms with E-state index in [4.69, 9.17) is 10.5 Å². The van der Waals surface area contributed by atoms with E-state index in [0.717, 1.165) is 12.1 Å². The van der Waals surface area contributed by atoms with E-state index in [9.17, 15) is 0 Å². The first-order chi connectivity index (χ1) is 5.72. The van der Waals surface area contributed by atoms with Crippen molar-refractivity contribution >= 4 is 0 Å². The Morgan fingerprint density at radius 3 is 3.00 bits per heavy atom. The van der Waals surface area contributed by atoms with Gasteiger partial charge in [0.1, 0.15) is 0 Å². The highest BCUT2D eigenvalue weighted by Gasteiger charge is 2.00. The Balaban J connectivity index is 2.72. The maximum atomic E-state index is 5.61. The van der Waals surface area contributed by atoms with Crippen LogP contribution in [0.25, 0.3) is 0 Å². The Hall–Kier alpha value is -1.16. The van der Waals surface area contributed by atoms with Crippen molar-refractivity contribution in [1.29, 1.82) is 0 Å². The molecule has 1 atom stereocenters. The van der Waals surface area contributed by atoms with Gasteiger partial charge in [-0.2, -0.15) is 0 Å². The van der Waals surface area contributed by atoms with Crippen molar-refractivity contribution in [3.8, 4) is 6.01 Å². The molecule has 0 spiro atoms. The third-order valence-corrected chi connectivity index (χ3v) is 1.40. The van der Waals surface area contributed by atoms with E-state index in [1.54, 1.807) is 13.3 Å². The van der Waals surface area contributed by atoms with Gasteiger partial charge in [0.2, 0.25) is 0 Å². The predicted molar refractivity (Wildman–Crippen MR) is 45.9 cm³/mol. The van der Waals surface area contributed by atoms with Crippen molar-refractivity contribution in [3.05, 3.63) is 18.0 Å². The Morgan fingerprint density at radius 1 is 1.67 bits per heavy atom. The fraction of sp³-hybridized carbons (Fsp3) is 0.500. The summed E-state index contributed by atoms with van der Waals surface area (Å²) in [5.41, 5.74) is 6.53. The van der Waals surface area contributed by atoms with Crippen LogP contribution in [0.1, 0.15) is 12.6 Å². The molecular formula is C8H13N3O. The van der Waals surface area contributed by atoms with E-state index in [1.807, 2.05) is 13.0 Å². The van der Waals surface area contributed by atoms with Crippen LogP contribution in [0.15, 0.2) is 12.3 Å². The summed E-state index contributed by atoms with van der Waals surface area (Å²) in [6, 6.07) is 2.35. The molecule has 0 aliphatic carbocycles. The maximum absolute atomic E-state index is 5.61. The monoisotopic (exact) mass is 167 g/mol. The number of ether oxygens (including phenoxy) is 1. The van der Waals surface area contributed by atoms with E-state index < -0.39 is 0 Å². The van der Waals surface area contributed by atoms with Gasteiger partial charge in [-0.15, -0.1) is 0 Å². The van der Waals surface area contributed by atoms with Crippen LogP contribution in [0.2, 0.25) is 0 Å². The van der Waals surface area contributed by atoms with Crippen molar-refractivity contribution in [3.63, 3.8) is 0 Å². The SMILES string of the molecule is COc1nccc(CC(C)N)n1. The second-order valence-corrected chi connectivity index (χ2v) is 2.72. The van der Waals surface area contributed by atoms with Crippen LogP contribution in [-0.4, -0.2) is 23.1 Å². The number of hydrogen-bond donors (Lipinski definition) is 1. The van der Waals surface area contributed by atoms with Gasteiger partial charge >= 0.3 is 6.01 Å². The van der Waals surface area contributed by atoms with Crippen molar-refractivity contribution in [2.45, 2.75) is 19.4 Å². The Kier molecular flexibility index (Phi) is 2.99. The first kappa shape index (κ1) is 8.93. The van der Waals surface area contributed by atoms with Crippen LogP contribution in [-0.2, 0) is 6.42 Å². The van der Waals surface area contributed by atoms with Crippen LogP contribution < -0.4 is 10.5 Å². The highest BCUT2D eigenvalue weighted by atomic mass is 16.5. The van der Waals surface area contributed by atoms with Crippen LogP contribution >= 0.6 is 0 Å². The minimum absolute atomic E-state index is 0.115. The molecule has 0 aromatic carbocycles. The zero-order valence-electron chi connectivity index (χ0n) is 7.32. The Bertz CT molecular complexity index is 250. The molecule has 0 amide bonds. The van der Waals surface area contributed by atoms with Gasteiger partial charge in [-0.05, 0) is 13.0 Å². The summed E-state index contributed by atoms with van der Waals surface area (Å²) in [5, 5.41) is 0. The van der Waals surface area contributed by atoms with Gasteiger partial charge in [0.15, 0.2) is 0 Å². The predicted octanol–water partition coefficient (Wildman–Crippen LogP) is 0.375. The van der Waals surface area contributed by atoms with Gasteiger partial charge < -0.3 is 10.5 Å². The second-order valence-electron chi connectivity index (χ2n) is 2.72. The molecule has 4 nitrogen and oxygen atoms in total. The third kappa shape index (κ3) is 2.47. The van der Waals surface area contributed by atoms with Crippen molar-refractivity contribution in [2.75, 3.05) is 7.11 Å². The lowest BCUT2D eigenvalue weighted by molar-refractivity contribution is 0.377.